The van der Waals surface area contributed by atoms with Gasteiger partial charge >= 0.3 is 11.9 Å². The van der Waals surface area contributed by atoms with Gasteiger partial charge in [-0.25, -0.2) is 4.79 Å². The van der Waals surface area contributed by atoms with E-state index in [9.17, 15) is 24.3 Å². The topological polar surface area (TPSA) is 107 Å². The molecule has 1 N–H and O–H groups in total. The van der Waals surface area contributed by atoms with Crippen LogP contribution in [0.5, 0.6) is 0 Å². The van der Waals surface area contributed by atoms with E-state index in [0.29, 0.717) is 11.1 Å². The second-order valence-electron chi connectivity index (χ2n) is 6.09. The highest BCUT2D eigenvalue weighted by atomic mass is 16.6. The van der Waals surface area contributed by atoms with Crippen molar-refractivity contribution in [3.63, 3.8) is 0 Å². The van der Waals surface area contributed by atoms with E-state index in [1.807, 2.05) is 6.07 Å². The molecule has 0 aliphatic rings. The maximum Gasteiger partial charge on any atom is 0.338 e. The summed E-state index contributed by atoms with van der Waals surface area (Å²) in [5.41, 5.74) is 1.19. The van der Waals surface area contributed by atoms with Gasteiger partial charge in [0.2, 0.25) is 0 Å². The van der Waals surface area contributed by atoms with E-state index in [4.69, 9.17) is 9.47 Å². The van der Waals surface area contributed by atoms with Crippen molar-refractivity contribution in [1.82, 2.24) is 0 Å². The molecule has 0 bridgehead atoms. The number of benzene rings is 2. The van der Waals surface area contributed by atoms with Gasteiger partial charge in [0.05, 0.1) is 5.56 Å². The molecule has 7 heteroatoms. The van der Waals surface area contributed by atoms with Gasteiger partial charge in [-0.05, 0) is 19.1 Å². The maximum absolute atomic E-state index is 12.3. The molecule has 2 rings (SSSR count). The standard InChI is InChI=1S/C21H20O7/c1-14(22)11-19(24)27-12-18(23)13-28-21(26)17-9-7-16(8-10-17)20(25)15-5-3-2-4-6-15/h2-10,18,23H,11-13H2,1H3. The largest absolute Gasteiger partial charge is 0.462 e. The number of esters is 2. The summed E-state index contributed by atoms with van der Waals surface area (Å²) in [6.07, 6.45) is -1.58. The van der Waals surface area contributed by atoms with Crippen molar-refractivity contribution in [2.24, 2.45) is 0 Å². The average molecular weight is 384 g/mol. The van der Waals surface area contributed by atoms with Gasteiger partial charge in [0.15, 0.2) is 5.78 Å². The highest BCUT2D eigenvalue weighted by Crippen LogP contribution is 2.12. The highest BCUT2D eigenvalue weighted by Gasteiger charge is 2.15. The predicted molar refractivity (Wildman–Crippen MR) is 98.9 cm³/mol. The van der Waals surface area contributed by atoms with Crippen LogP contribution < -0.4 is 0 Å². The van der Waals surface area contributed by atoms with Crippen molar-refractivity contribution in [2.75, 3.05) is 13.2 Å². The summed E-state index contributed by atoms with van der Waals surface area (Å²) < 4.78 is 9.65. The number of Topliss-reactive ketones (excluding diaryl/α,β-unsaturated/α-hetero) is 1. The van der Waals surface area contributed by atoms with Crippen LogP contribution in [0.4, 0.5) is 0 Å². The lowest BCUT2D eigenvalue weighted by molar-refractivity contribution is -0.149. The summed E-state index contributed by atoms with van der Waals surface area (Å²) in [5.74, 6) is -1.95. The lowest BCUT2D eigenvalue weighted by Crippen LogP contribution is -2.25. The number of aliphatic hydroxyl groups excluding tert-OH is 1. The summed E-state index contributed by atoms with van der Waals surface area (Å²) in [6.45, 7) is 0.485. The molecule has 0 saturated carbocycles. The van der Waals surface area contributed by atoms with E-state index >= 15 is 0 Å². The number of ether oxygens (including phenoxy) is 2. The summed E-state index contributed by atoms with van der Waals surface area (Å²) >= 11 is 0. The Morgan fingerprint density at radius 2 is 1.36 bits per heavy atom. The molecule has 0 saturated heterocycles. The van der Waals surface area contributed by atoms with Crippen LogP contribution in [0.25, 0.3) is 0 Å². The zero-order chi connectivity index (χ0) is 20.5. The molecule has 28 heavy (non-hydrogen) atoms. The minimum absolute atomic E-state index is 0.164. The first-order valence-electron chi connectivity index (χ1n) is 8.57. The molecular formula is C21H20O7. The van der Waals surface area contributed by atoms with Crippen LogP contribution in [-0.4, -0.2) is 47.9 Å². The van der Waals surface area contributed by atoms with Gasteiger partial charge < -0.3 is 14.6 Å². The van der Waals surface area contributed by atoms with Crippen molar-refractivity contribution in [3.05, 3.63) is 71.3 Å². The number of carbonyl (C=O) groups is 4. The van der Waals surface area contributed by atoms with E-state index in [-0.39, 0.29) is 36.8 Å². The fourth-order valence-electron chi connectivity index (χ4n) is 2.26. The molecule has 0 amide bonds. The van der Waals surface area contributed by atoms with Crippen LogP contribution >= 0.6 is 0 Å². The molecule has 1 unspecified atom stereocenters. The summed E-state index contributed by atoms with van der Waals surface area (Å²) in [4.78, 5) is 46.3. The normalized spacial score (nSPS) is 11.4. The van der Waals surface area contributed by atoms with Gasteiger partial charge in [-0.1, -0.05) is 42.5 Å². The van der Waals surface area contributed by atoms with Crippen LogP contribution in [0.15, 0.2) is 54.6 Å². The number of hydrogen-bond donors (Lipinski definition) is 1. The Hall–Kier alpha value is -3.32. The lowest BCUT2D eigenvalue weighted by Gasteiger charge is -2.12. The molecule has 0 fully saturated rings. The molecule has 2 aromatic carbocycles. The van der Waals surface area contributed by atoms with Crippen LogP contribution in [0, 0.1) is 0 Å². The number of carbonyl (C=O) groups excluding carboxylic acids is 4. The van der Waals surface area contributed by atoms with Crippen LogP contribution in [-0.2, 0) is 19.1 Å². The summed E-state index contributed by atoms with van der Waals surface area (Å²) in [7, 11) is 0. The van der Waals surface area contributed by atoms with E-state index < -0.39 is 18.0 Å². The molecule has 0 spiro atoms. The van der Waals surface area contributed by atoms with Crippen LogP contribution in [0.1, 0.15) is 39.6 Å². The number of rotatable bonds is 9. The number of ketones is 2. The first-order chi connectivity index (χ1) is 13.4. The maximum atomic E-state index is 12.3. The molecule has 146 valence electrons. The van der Waals surface area contributed by atoms with Gasteiger partial charge in [0.1, 0.15) is 31.5 Å². The fourth-order valence-corrected chi connectivity index (χ4v) is 2.26. The lowest BCUT2D eigenvalue weighted by atomic mass is 10.0. The number of aliphatic hydroxyl groups is 1. The van der Waals surface area contributed by atoms with E-state index in [1.54, 1.807) is 24.3 Å². The molecule has 0 aliphatic heterocycles. The second kappa shape index (κ2) is 10.1. The molecule has 2 aromatic rings. The predicted octanol–water partition coefficient (Wildman–Crippen LogP) is 1.96. The van der Waals surface area contributed by atoms with Gasteiger partial charge in [-0.15, -0.1) is 0 Å². The average Bonchev–Trinajstić information content (AvgIpc) is 2.70. The first-order valence-corrected chi connectivity index (χ1v) is 8.57. The molecular weight excluding hydrogens is 364 g/mol. The van der Waals surface area contributed by atoms with Crippen LogP contribution in [0.3, 0.4) is 0 Å². The second-order valence-corrected chi connectivity index (χ2v) is 6.09. The minimum atomic E-state index is -1.21. The smallest absolute Gasteiger partial charge is 0.338 e. The Labute approximate surface area is 161 Å². The fraction of sp³-hybridized carbons (Fsp3) is 0.238. The van der Waals surface area contributed by atoms with Crippen molar-refractivity contribution in [1.29, 1.82) is 0 Å². The zero-order valence-electron chi connectivity index (χ0n) is 15.3. The van der Waals surface area contributed by atoms with Crippen molar-refractivity contribution in [3.8, 4) is 0 Å². The summed E-state index contributed by atoms with van der Waals surface area (Å²) in [6, 6.07) is 14.7. The van der Waals surface area contributed by atoms with Gasteiger partial charge in [-0.2, -0.15) is 0 Å². The minimum Gasteiger partial charge on any atom is -0.462 e. The Morgan fingerprint density at radius 1 is 0.821 bits per heavy atom. The molecule has 0 aliphatic carbocycles. The van der Waals surface area contributed by atoms with E-state index in [1.165, 1.54) is 31.2 Å². The Balaban J connectivity index is 1.83. The molecule has 1 atom stereocenters. The summed E-state index contributed by atoms with van der Waals surface area (Å²) in [5, 5.41) is 9.69. The monoisotopic (exact) mass is 384 g/mol. The zero-order valence-corrected chi connectivity index (χ0v) is 15.3. The van der Waals surface area contributed by atoms with E-state index in [0.717, 1.165) is 0 Å². The quantitative estimate of drug-likeness (QED) is 0.400. The Bertz CT molecular complexity index is 841. The van der Waals surface area contributed by atoms with Crippen LogP contribution in [0.2, 0.25) is 0 Å². The third kappa shape index (κ3) is 6.44. The third-order valence-corrected chi connectivity index (χ3v) is 3.66. The van der Waals surface area contributed by atoms with Crippen molar-refractivity contribution in [2.45, 2.75) is 19.4 Å². The highest BCUT2D eigenvalue weighted by molar-refractivity contribution is 6.09. The molecule has 0 radical (unpaired) electrons. The van der Waals surface area contributed by atoms with Gasteiger partial charge in [-0.3, -0.25) is 14.4 Å². The molecule has 7 nitrogen and oxygen atoms in total. The van der Waals surface area contributed by atoms with Crippen molar-refractivity contribution >= 4 is 23.5 Å². The Morgan fingerprint density at radius 3 is 1.96 bits per heavy atom. The van der Waals surface area contributed by atoms with Gasteiger partial charge in [0, 0.05) is 11.1 Å². The van der Waals surface area contributed by atoms with Crippen molar-refractivity contribution < 1.29 is 33.8 Å². The first kappa shape index (κ1) is 21.0. The van der Waals surface area contributed by atoms with Gasteiger partial charge in [0.25, 0.3) is 0 Å². The number of hydrogen-bond acceptors (Lipinski definition) is 7. The molecule has 0 heterocycles. The molecule has 0 aromatic heterocycles. The SMILES string of the molecule is CC(=O)CC(=O)OCC(O)COC(=O)c1ccc(C(=O)c2ccccc2)cc1. The van der Waals surface area contributed by atoms with E-state index in [2.05, 4.69) is 0 Å². The third-order valence-electron chi connectivity index (χ3n) is 3.66. The Kier molecular flexibility index (Phi) is 7.59.